The van der Waals surface area contributed by atoms with Crippen LogP contribution in [0.15, 0.2) is 30.5 Å². The van der Waals surface area contributed by atoms with Crippen molar-refractivity contribution in [3.8, 4) is 5.88 Å². The molecule has 0 aliphatic carbocycles. The zero-order valence-corrected chi connectivity index (χ0v) is 15.4. The van der Waals surface area contributed by atoms with Gasteiger partial charge in [-0.05, 0) is 47.7 Å². The lowest BCUT2D eigenvalue weighted by Gasteiger charge is -2.22. The second-order valence-corrected chi connectivity index (χ2v) is 6.26. The third-order valence-electron chi connectivity index (χ3n) is 3.10. The van der Waals surface area contributed by atoms with Crippen LogP contribution >= 0.6 is 22.6 Å². The van der Waals surface area contributed by atoms with E-state index in [1.54, 1.807) is 25.1 Å². The van der Waals surface area contributed by atoms with E-state index >= 15 is 0 Å². The van der Waals surface area contributed by atoms with Crippen LogP contribution in [0, 0.1) is 3.57 Å². The van der Waals surface area contributed by atoms with E-state index in [2.05, 4.69) is 37.3 Å². The molecule has 1 aromatic carbocycles. The Hall–Kier alpha value is -1.79. The van der Waals surface area contributed by atoms with Gasteiger partial charge in [0.1, 0.15) is 5.56 Å². The summed E-state index contributed by atoms with van der Waals surface area (Å²) in [6, 6.07) is 6.96. The zero-order chi connectivity index (χ0) is 19.5. The van der Waals surface area contributed by atoms with Crippen molar-refractivity contribution in [2.75, 3.05) is 18.1 Å². The normalized spacial score (nSPS) is 12.2. The van der Waals surface area contributed by atoms with Gasteiger partial charge >= 0.3 is 12.4 Å². The maximum Gasteiger partial charge on any atom is 0.423 e. The van der Waals surface area contributed by atoms with Crippen molar-refractivity contribution in [3.05, 3.63) is 39.6 Å². The summed E-state index contributed by atoms with van der Waals surface area (Å²) in [5.74, 6) is -1.36. The molecule has 0 saturated carbocycles. The Kier molecular flexibility index (Phi) is 6.19. The minimum absolute atomic E-state index is 0.195. The van der Waals surface area contributed by atoms with Crippen molar-refractivity contribution in [2.45, 2.75) is 19.3 Å². The molecule has 142 valence electrons. The monoisotopic (exact) mass is 491 g/mol. The summed E-state index contributed by atoms with van der Waals surface area (Å²) in [7, 11) is 0. The van der Waals surface area contributed by atoms with Crippen LogP contribution in [0.2, 0.25) is 0 Å². The van der Waals surface area contributed by atoms with Crippen molar-refractivity contribution in [1.29, 1.82) is 0 Å². The molecule has 0 amide bonds. The van der Waals surface area contributed by atoms with E-state index in [-0.39, 0.29) is 12.5 Å². The summed E-state index contributed by atoms with van der Waals surface area (Å²) in [5.41, 5.74) is -0.884. The van der Waals surface area contributed by atoms with Gasteiger partial charge in [-0.15, -0.1) is 0 Å². The zero-order valence-electron chi connectivity index (χ0n) is 13.2. The summed E-state index contributed by atoms with van der Waals surface area (Å²) in [6.45, 7) is 0.100. The van der Waals surface area contributed by atoms with Crippen LogP contribution in [0.4, 0.5) is 38.0 Å². The first kappa shape index (κ1) is 20.5. The van der Waals surface area contributed by atoms with Gasteiger partial charge in [0.15, 0.2) is 6.61 Å². The Morgan fingerprint density at radius 3 is 2.38 bits per heavy atom. The van der Waals surface area contributed by atoms with Crippen LogP contribution in [0.5, 0.6) is 5.88 Å². The van der Waals surface area contributed by atoms with Crippen LogP contribution < -0.4 is 9.64 Å². The van der Waals surface area contributed by atoms with Crippen molar-refractivity contribution in [2.24, 2.45) is 0 Å². The van der Waals surface area contributed by atoms with E-state index in [9.17, 15) is 26.3 Å². The SMILES string of the molecule is CCN(c1cccc(I)c1)c1ncc(C(F)(F)F)c(OCC(F)(F)F)n1. The lowest BCUT2D eigenvalue weighted by Crippen LogP contribution is -2.24. The maximum absolute atomic E-state index is 13.0. The Labute approximate surface area is 158 Å². The Bertz CT molecular complexity index is 766. The van der Waals surface area contributed by atoms with Gasteiger partial charge in [0.05, 0.1) is 0 Å². The predicted molar refractivity (Wildman–Crippen MR) is 90.4 cm³/mol. The van der Waals surface area contributed by atoms with E-state index in [0.29, 0.717) is 11.9 Å². The van der Waals surface area contributed by atoms with E-state index in [1.807, 2.05) is 6.07 Å². The number of nitrogens with zero attached hydrogens (tertiary/aromatic N) is 3. The molecule has 11 heteroatoms. The number of anilines is 2. The fourth-order valence-electron chi connectivity index (χ4n) is 2.03. The minimum atomic E-state index is -4.95. The minimum Gasteiger partial charge on any atom is -0.467 e. The predicted octanol–water partition coefficient (Wildman–Crippen LogP) is 5.20. The molecular weight excluding hydrogens is 479 g/mol. The molecule has 2 aromatic rings. The van der Waals surface area contributed by atoms with Crippen LogP contribution in [-0.4, -0.2) is 29.3 Å². The topological polar surface area (TPSA) is 38.2 Å². The van der Waals surface area contributed by atoms with Crippen LogP contribution in [0.3, 0.4) is 0 Å². The molecular formula is C15H12F6IN3O. The average Bonchev–Trinajstić information content (AvgIpc) is 2.52. The van der Waals surface area contributed by atoms with Crippen LogP contribution in [0.25, 0.3) is 0 Å². The molecule has 0 aliphatic heterocycles. The van der Waals surface area contributed by atoms with Gasteiger partial charge < -0.3 is 9.64 Å². The summed E-state index contributed by atoms with van der Waals surface area (Å²) in [6.07, 6.45) is -9.32. The molecule has 0 spiro atoms. The fourth-order valence-corrected chi connectivity index (χ4v) is 2.55. The van der Waals surface area contributed by atoms with Gasteiger partial charge in [-0.3, -0.25) is 0 Å². The molecule has 0 unspecified atom stereocenters. The van der Waals surface area contributed by atoms with Crippen LogP contribution in [0.1, 0.15) is 12.5 Å². The van der Waals surface area contributed by atoms with Gasteiger partial charge in [0.25, 0.3) is 0 Å². The number of aromatic nitrogens is 2. The molecule has 0 atom stereocenters. The first-order valence-electron chi connectivity index (χ1n) is 7.18. The first-order valence-corrected chi connectivity index (χ1v) is 8.26. The molecule has 0 N–H and O–H groups in total. The molecule has 1 heterocycles. The quantitative estimate of drug-likeness (QED) is 0.426. The van der Waals surface area contributed by atoms with Gasteiger partial charge in [-0.2, -0.15) is 31.3 Å². The number of halogens is 7. The standard InChI is InChI=1S/C15H12F6IN3O/c1-2-25(10-5-3-4-9(22)6-10)13-23-7-11(15(19,20)21)12(24-13)26-8-14(16,17)18/h3-7H,2,8H2,1H3. The highest BCUT2D eigenvalue weighted by molar-refractivity contribution is 14.1. The molecule has 0 radical (unpaired) electrons. The van der Waals surface area contributed by atoms with Crippen molar-refractivity contribution >= 4 is 34.2 Å². The van der Waals surface area contributed by atoms with Gasteiger partial charge in [-0.1, -0.05) is 6.07 Å². The van der Waals surface area contributed by atoms with Crippen LogP contribution in [-0.2, 0) is 6.18 Å². The average molecular weight is 491 g/mol. The molecule has 2 rings (SSSR count). The van der Waals surface area contributed by atoms with Gasteiger partial charge in [-0.25, -0.2) is 4.98 Å². The molecule has 26 heavy (non-hydrogen) atoms. The molecule has 1 aromatic heterocycles. The molecule has 0 bridgehead atoms. The third kappa shape index (κ3) is 5.35. The number of alkyl halides is 6. The molecule has 0 aliphatic rings. The van der Waals surface area contributed by atoms with Crippen molar-refractivity contribution in [1.82, 2.24) is 9.97 Å². The molecule has 0 fully saturated rings. The van der Waals surface area contributed by atoms with E-state index in [1.165, 1.54) is 4.90 Å². The van der Waals surface area contributed by atoms with E-state index < -0.39 is 30.4 Å². The second-order valence-electron chi connectivity index (χ2n) is 5.01. The summed E-state index contributed by atoms with van der Waals surface area (Å²) in [5, 5.41) is 0. The number of ether oxygens (including phenoxy) is 1. The number of benzene rings is 1. The second kappa shape index (κ2) is 7.84. The summed E-state index contributed by atoms with van der Waals surface area (Å²) < 4.78 is 81.2. The molecule has 0 saturated heterocycles. The van der Waals surface area contributed by atoms with Gasteiger partial charge in [0, 0.05) is 22.0 Å². The van der Waals surface area contributed by atoms with Crippen molar-refractivity contribution < 1.29 is 31.1 Å². The molecule has 4 nitrogen and oxygen atoms in total. The van der Waals surface area contributed by atoms with E-state index in [0.717, 1.165) is 3.57 Å². The number of rotatable bonds is 5. The fraction of sp³-hybridized carbons (Fsp3) is 0.333. The first-order chi connectivity index (χ1) is 12.0. The van der Waals surface area contributed by atoms with E-state index in [4.69, 9.17) is 0 Å². The Balaban J connectivity index is 2.45. The largest absolute Gasteiger partial charge is 0.467 e. The van der Waals surface area contributed by atoms with Crippen molar-refractivity contribution in [3.63, 3.8) is 0 Å². The highest BCUT2D eigenvalue weighted by atomic mass is 127. The highest BCUT2D eigenvalue weighted by Gasteiger charge is 2.38. The summed E-state index contributed by atoms with van der Waals surface area (Å²) >= 11 is 2.05. The summed E-state index contributed by atoms with van der Waals surface area (Å²) in [4.78, 5) is 8.71. The maximum atomic E-state index is 13.0. The lowest BCUT2D eigenvalue weighted by atomic mass is 10.3. The third-order valence-corrected chi connectivity index (χ3v) is 3.77. The Morgan fingerprint density at radius 1 is 1.15 bits per heavy atom. The Morgan fingerprint density at radius 2 is 1.85 bits per heavy atom. The lowest BCUT2D eigenvalue weighted by molar-refractivity contribution is -0.159. The van der Waals surface area contributed by atoms with Gasteiger partial charge in [0.2, 0.25) is 11.8 Å². The number of hydrogen-bond donors (Lipinski definition) is 0. The highest BCUT2D eigenvalue weighted by Crippen LogP contribution is 2.36. The smallest absolute Gasteiger partial charge is 0.423 e. The number of hydrogen-bond acceptors (Lipinski definition) is 4.